The first-order valence-corrected chi connectivity index (χ1v) is 8.18. The summed E-state index contributed by atoms with van der Waals surface area (Å²) in [5.74, 6) is 0.271. The molecular formula is C17H22N4O3. The topological polar surface area (TPSA) is 77.2 Å². The molecule has 1 fully saturated rings. The maximum absolute atomic E-state index is 12.9. The second-order valence-electron chi connectivity index (χ2n) is 6.88. The Morgan fingerprint density at radius 1 is 1.29 bits per heavy atom. The van der Waals surface area contributed by atoms with Crippen LogP contribution in [0.3, 0.4) is 0 Å². The van der Waals surface area contributed by atoms with Crippen molar-refractivity contribution in [3.05, 3.63) is 38.7 Å². The maximum atomic E-state index is 12.9. The summed E-state index contributed by atoms with van der Waals surface area (Å²) in [7, 11) is 2.99. The highest BCUT2D eigenvalue weighted by molar-refractivity contribution is 5.97. The molecule has 0 aromatic carbocycles. The van der Waals surface area contributed by atoms with Gasteiger partial charge in [-0.15, -0.1) is 0 Å². The molecule has 0 aliphatic heterocycles. The van der Waals surface area contributed by atoms with Crippen LogP contribution < -0.4 is 11.2 Å². The lowest BCUT2D eigenvalue weighted by Crippen LogP contribution is -2.38. The predicted molar refractivity (Wildman–Crippen MR) is 91.1 cm³/mol. The van der Waals surface area contributed by atoms with Gasteiger partial charge < -0.3 is 4.90 Å². The fourth-order valence-corrected chi connectivity index (χ4v) is 2.93. The van der Waals surface area contributed by atoms with Crippen LogP contribution in [0.15, 0.2) is 21.9 Å². The van der Waals surface area contributed by atoms with Gasteiger partial charge in [0.15, 0.2) is 0 Å². The zero-order valence-electron chi connectivity index (χ0n) is 14.4. The number of nitrogens with zero attached hydrogens (tertiary/aromatic N) is 4. The smallest absolute Gasteiger partial charge is 0.332 e. The monoisotopic (exact) mass is 330 g/mol. The number of carbonyl (C=O) groups is 1. The highest BCUT2D eigenvalue weighted by Gasteiger charge is 2.33. The third-order valence-electron chi connectivity index (χ3n) is 4.35. The summed E-state index contributed by atoms with van der Waals surface area (Å²) in [6.07, 6.45) is 3.50. The number of fused-ring (bicyclic) bond motifs is 1. The van der Waals surface area contributed by atoms with E-state index in [1.54, 1.807) is 13.1 Å². The van der Waals surface area contributed by atoms with Crippen molar-refractivity contribution < 1.29 is 4.79 Å². The van der Waals surface area contributed by atoms with Gasteiger partial charge in [0, 0.05) is 32.9 Å². The van der Waals surface area contributed by atoms with Crippen LogP contribution in [-0.2, 0) is 14.1 Å². The maximum Gasteiger partial charge on any atom is 0.332 e. The van der Waals surface area contributed by atoms with E-state index < -0.39 is 11.2 Å². The van der Waals surface area contributed by atoms with Gasteiger partial charge in [-0.3, -0.25) is 18.7 Å². The minimum atomic E-state index is -0.433. The Morgan fingerprint density at radius 2 is 1.96 bits per heavy atom. The second-order valence-corrected chi connectivity index (χ2v) is 6.88. The van der Waals surface area contributed by atoms with E-state index in [0.29, 0.717) is 29.7 Å². The zero-order valence-corrected chi connectivity index (χ0v) is 14.4. The van der Waals surface area contributed by atoms with Crippen LogP contribution in [0.1, 0.15) is 37.0 Å². The standard InChI is InChI=1S/C17H22N4O3/c1-10(2)9-21(12-5-6-12)15(22)11-7-13-14(18-8-11)19(3)17(24)20(4)16(13)23/h7-8,10,12H,5-6,9H2,1-4H3. The molecule has 1 aliphatic rings. The second kappa shape index (κ2) is 5.89. The quantitative estimate of drug-likeness (QED) is 0.834. The van der Waals surface area contributed by atoms with Gasteiger partial charge >= 0.3 is 5.69 Å². The van der Waals surface area contributed by atoms with E-state index in [2.05, 4.69) is 18.8 Å². The number of carbonyl (C=O) groups excluding carboxylic acids is 1. The van der Waals surface area contributed by atoms with Gasteiger partial charge in [-0.2, -0.15) is 0 Å². The third kappa shape index (κ3) is 2.74. The molecule has 0 saturated heterocycles. The molecule has 0 atom stereocenters. The van der Waals surface area contributed by atoms with Gasteiger partial charge in [0.2, 0.25) is 0 Å². The summed E-state index contributed by atoms with van der Waals surface area (Å²) in [4.78, 5) is 43.3. The number of amides is 1. The Morgan fingerprint density at radius 3 is 2.54 bits per heavy atom. The van der Waals surface area contributed by atoms with Gasteiger partial charge in [-0.1, -0.05) is 13.8 Å². The van der Waals surface area contributed by atoms with Crippen molar-refractivity contribution in [1.29, 1.82) is 0 Å². The van der Waals surface area contributed by atoms with Crippen molar-refractivity contribution in [2.45, 2.75) is 32.7 Å². The first-order chi connectivity index (χ1) is 11.3. The van der Waals surface area contributed by atoms with E-state index >= 15 is 0 Å². The van der Waals surface area contributed by atoms with Crippen LogP contribution in [0.2, 0.25) is 0 Å². The van der Waals surface area contributed by atoms with Crippen molar-refractivity contribution in [3.8, 4) is 0 Å². The molecule has 1 amide bonds. The van der Waals surface area contributed by atoms with Gasteiger partial charge in [0.05, 0.1) is 10.9 Å². The number of hydrogen-bond acceptors (Lipinski definition) is 4. The molecule has 2 aromatic heterocycles. The molecule has 7 nitrogen and oxygen atoms in total. The fourth-order valence-electron chi connectivity index (χ4n) is 2.93. The van der Waals surface area contributed by atoms with E-state index in [1.807, 2.05) is 4.90 Å². The highest BCUT2D eigenvalue weighted by atomic mass is 16.2. The average Bonchev–Trinajstić information content (AvgIpc) is 3.39. The number of aromatic nitrogens is 3. The highest BCUT2D eigenvalue weighted by Crippen LogP contribution is 2.29. The van der Waals surface area contributed by atoms with E-state index in [0.717, 1.165) is 17.4 Å². The number of rotatable bonds is 4. The Balaban J connectivity index is 2.09. The Bertz CT molecular complexity index is 922. The molecule has 0 radical (unpaired) electrons. The van der Waals surface area contributed by atoms with E-state index in [-0.39, 0.29) is 11.3 Å². The minimum absolute atomic E-state index is 0.100. The summed E-state index contributed by atoms with van der Waals surface area (Å²) in [6.45, 7) is 4.84. The van der Waals surface area contributed by atoms with E-state index in [1.165, 1.54) is 17.8 Å². The van der Waals surface area contributed by atoms with Crippen molar-refractivity contribution >= 4 is 16.9 Å². The van der Waals surface area contributed by atoms with Crippen molar-refractivity contribution in [2.75, 3.05) is 6.54 Å². The molecule has 1 aliphatic carbocycles. The molecule has 0 spiro atoms. The van der Waals surface area contributed by atoms with Crippen LogP contribution in [-0.4, -0.2) is 37.5 Å². The Kier molecular flexibility index (Phi) is 4.03. The predicted octanol–water partition coefficient (Wildman–Crippen LogP) is 0.893. The van der Waals surface area contributed by atoms with Crippen LogP contribution >= 0.6 is 0 Å². The molecule has 0 bridgehead atoms. The molecule has 0 unspecified atom stereocenters. The summed E-state index contributed by atoms with van der Waals surface area (Å²) >= 11 is 0. The van der Waals surface area contributed by atoms with Crippen molar-refractivity contribution in [1.82, 2.24) is 19.0 Å². The van der Waals surface area contributed by atoms with Crippen molar-refractivity contribution in [2.24, 2.45) is 20.0 Å². The first-order valence-electron chi connectivity index (χ1n) is 8.18. The van der Waals surface area contributed by atoms with Gasteiger partial charge in [0.1, 0.15) is 5.65 Å². The molecule has 3 rings (SSSR count). The molecule has 24 heavy (non-hydrogen) atoms. The largest absolute Gasteiger partial charge is 0.335 e. The normalized spacial score (nSPS) is 14.4. The lowest BCUT2D eigenvalue weighted by atomic mass is 10.1. The SMILES string of the molecule is CC(C)CN(C(=O)c1cnc2c(c1)c(=O)n(C)c(=O)n2C)C1CC1. The van der Waals surface area contributed by atoms with Crippen LogP contribution in [0, 0.1) is 5.92 Å². The lowest BCUT2D eigenvalue weighted by Gasteiger charge is -2.24. The number of hydrogen-bond donors (Lipinski definition) is 0. The number of aryl methyl sites for hydroxylation is 1. The van der Waals surface area contributed by atoms with E-state index in [9.17, 15) is 14.4 Å². The molecule has 2 heterocycles. The first kappa shape index (κ1) is 16.4. The summed E-state index contributed by atoms with van der Waals surface area (Å²) in [5.41, 5.74) is -0.178. The summed E-state index contributed by atoms with van der Waals surface area (Å²) in [6, 6.07) is 1.85. The van der Waals surface area contributed by atoms with Gasteiger partial charge in [0.25, 0.3) is 11.5 Å². The molecule has 2 aromatic rings. The van der Waals surface area contributed by atoms with Crippen molar-refractivity contribution in [3.63, 3.8) is 0 Å². The molecule has 0 N–H and O–H groups in total. The van der Waals surface area contributed by atoms with Crippen LogP contribution in [0.25, 0.3) is 11.0 Å². The molecule has 7 heteroatoms. The Labute approximate surface area is 139 Å². The molecule has 1 saturated carbocycles. The van der Waals surface area contributed by atoms with Gasteiger partial charge in [-0.05, 0) is 24.8 Å². The van der Waals surface area contributed by atoms with E-state index in [4.69, 9.17) is 0 Å². The van der Waals surface area contributed by atoms with Gasteiger partial charge in [-0.25, -0.2) is 9.78 Å². The fraction of sp³-hybridized carbons (Fsp3) is 0.529. The summed E-state index contributed by atoms with van der Waals surface area (Å²) < 4.78 is 2.35. The minimum Gasteiger partial charge on any atom is -0.335 e. The molecule has 128 valence electrons. The Hall–Kier alpha value is -2.44. The van der Waals surface area contributed by atoms with Crippen LogP contribution in [0.4, 0.5) is 0 Å². The average molecular weight is 330 g/mol. The van der Waals surface area contributed by atoms with Crippen LogP contribution in [0.5, 0.6) is 0 Å². The zero-order chi connectivity index (χ0) is 17.6. The molecular weight excluding hydrogens is 308 g/mol. The lowest BCUT2D eigenvalue weighted by molar-refractivity contribution is 0.0722. The third-order valence-corrected chi connectivity index (χ3v) is 4.35. The summed E-state index contributed by atoms with van der Waals surface area (Å²) in [5, 5.41) is 0.283. The number of pyridine rings is 1.